The van der Waals surface area contributed by atoms with E-state index in [4.69, 9.17) is 9.94 Å². The monoisotopic (exact) mass is 410 g/mol. The lowest BCUT2D eigenvalue weighted by Crippen LogP contribution is -2.31. The third-order valence-electron chi connectivity index (χ3n) is 5.64. The zero-order valence-electron chi connectivity index (χ0n) is 17.4. The lowest BCUT2D eigenvalue weighted by atomic mass is 10.0. The molecule has 1 atom stereocenters. The fraction of sp³-hybridized carbons (Fsp3) is 0.375. The quantitative estimate of drug-likeness (QED) is 0.319. The van der Waals surface area contributed by atoms with Crippen molar-refractivity contribution < 1.29 is 19.8 Å². The van der Waals surface area contributed by atoms with E-state index < -0.39 is 5.91 Å². The Kier molecular flexibility index (Phi) is 8.02. The van der Waals surface area contributed by atoms with Gasteiger partial charge in [0.05, 0.1) is 7.11 Å². The van der Waals surface area contributed by atoms with Crippen molar-refractivity contribution in [3.05, 3.63) is 70.8 Å². The van der Waals surface area contributed by atoms with Gasteiger partial charge in [-0.05, 0) is 66.1 Å². The minimum Gasteiger partial charge on any atom is -0.497 e. The van der Waals surface area contributed by atoms with Gasteiger partial charge in [0.15, 0.2) is 0 Å². The molecule has 6 heteroatoms. The molecule has 1 aliphatic carbocycles. The number of carbonyl (C=O) groups is 1. The summed E-state index contributed by atoms with van der Waals surface area (Å²) < 4.78 is 5.24. The number of aliphatic hydroxyl groups excluding tert-OH is 1. The van der Waals surface area contributed by atoms with Gasteiger partial charge < -0.3 is 9.84 Å². The number of nitrogens with one attached hydrogen (secondary N) is 1. The molecule has 2 aromatic rings. The second kappa shape index (κ2) is 10.9. The summed E-state index contributed by atoms with van der Waals surface area (Å²) in [5, 5.41) is 18.0. The molecule has 3 rings (SSSR count). The first-order chi connectivity index (χ1) is 14.6. The van der Waals surface area contributed by atoms with Crippen LogP contribution in [0.2, 0.25) is 0 Å². The highest BCUT2D eigenvalue weighted by Gasteiger charge is 2.27. The second-order valence-corrected chi connectivity index (χ2v) is 7.53. The fourth-order valence-electron chi connectivity index (χ4n) is 4.07. The van der Waals surface area contributed by atoms with Crippen molar-refractivity contribution in [3.8, 4) is 5.75 Å². The number of rotatable bonds is 10. The smallest absolute Gasteiger partial charge is 0.267 e. The van der Waals surface area contributed by atoms with Crippen molar-refractivity contribution in [2.45, 2.75) is 31.7 Å². The lowest BCUT2D eigenvalue weighted by Gasteiger charge is -2.29. The number of benzene rings is 2. The van der Waals surface area contributed by atoms with Crippen LogP contribution in [0.3, 0.4) is 0 Å². The minimum atomic E-state index is -0.540. The zero-order valence-corrected chi connectivity index (χ0v) is 17.4. The van der Waals surface area contributed by atoms with Gasteiger partial charge in [-0.25, -0.2) is 5.48 Å². The summed E-state index contributed by atoms with van der Waals surface area (Å²) in [4.78, 5) is 13.7. The van der Waals surface area contributed by atoms with Gasteiger partial charge in [0, 0.05) is 31.8 Å². The van der Waals surface area contributed by atoms with Gasteiger partial charge in [0.25, 0.3) is 5.91 Å². The summed E-state index contributed by atoms with van der Waals surface area (Å²) >= 11 is 0. The molecule has 1 aliphatic rings. The van der Waals surface area contributed by atoms with E-state index in [1.165, 1.54) is 22.8 Å². The number of hydrogen-bond donors (Lipinski definition) is 3. The number of hydrogen-bond acceptors (Lipinski definition) is 5. The zero-order chi connectivity index (χ0) is 21.3. The third kappa shape index (κ3) is 5.69. The van der Waals surface area contributed by atoms with Crippen molar-refractivity contribution >= 4 is 12.0 Å². The van der Waals surface area contributed by atoms with Crippen LogP contribution >= 0.6 is 0 Å². The Hall–Kier alpha value is -2.67. The molecule has 0 aromatic heterocycles. The molecule has 0 radical (unpaired) electrons. The van der Waals surface area contributed by atoms with Crippen LogP contribution in [0, 0.1) is 0 Å². The summed E-state index contributed by atoms with van der Waals surface area (Å²) in [5.41, 5.74) is 6.44. The van der Waals surface area contributed by atoms with E-state index in [1.807, 2.05) is 18.2 Å². The van der Waals surface area contributed by atoms with Crippen molar-refractivity contribution in [3.63, 3.8) is 0 Å². The SMILES string of the molecule is COc1ccc(CCN(CCCO)[C@@H]2CCc3cc(C=CC(=O)NO)ccc32)cc1. The Morgan fingerprint density at radius 1 is 1.23 bits per heavy atom. The Morgan fingerprint density at radius 3 is 2.73 bits per heavy atom. The molecule has 0 bridgehead atoms. The topological polar surface area (TPSA) is 82.0 Å². The normalized spacial score (nSPS) is 15.5. The fourth-order valence-corrected chi connectivity index (χ4v) is 4.07. The molecule has 0 fully saturated rings. The number of ether oxygens (including phenoxy) is 1. The summed E-state index contributed by atoms with van der Waals surface area (Å²) in [6, 6.07) is 14.8. The summed E-state index contributed by atoms with van der Waals surface area (Å²) in [6.45, 7) is 1.97. The summed E-state index contributed by atoms with van der Waals surface area (Å²) in [7, 11) is 1.67. The molecule has 160 valence electrons. The Balaban J connectivity index is 1.70. The first-order valence-electron chi connectivity index (χ1n) is 10.4. The number of methoxy groups -OCH3 is 1. The molecule has 0 aliphatic heterocycles. The van der Waals surface area contributed by atoms with Crippen molar-refractivity contribution in [1.82, 2.24) is 10.4 Å². The van der Waals surface area contributed by atoms with E-state index in [0.717, 1.165) is 50.1 Å². The van der Waals surface area contributed by atoms with Crippen LogP contribution < -0.4 is 10.2 Å². The van der Waals surface area contributed by atoms with Crippen LogP contribution in [0.1, 0.15) is 41.1 Å². The molecular weight excluding hydrogens is 380 g/mol. The van der Waals surface area contributed by atoms with E-state index in [2.05, 4.69) is 29.2 Å². The average Bonchev–Trinajstić information content (AvgIpc) is 3.21. The molecule has 0 unspecified atom stereocenters. The highest BCUT2D eigenvalue weighted by atomic mass is 16.5. The molecule has 0 saturated carbocycles. The van der Waals surface area contributed by atoms with Gasteiger partial charge >= 0.3 is 0 Å². The van der Waals surface area contributed by atoms with Crippen LogP contribution in [0.25, 0.3) is 6.08 Å². The first-order valence-corrected chi connectivity index (χ1v) is 10.4. The Labute approximate surface area is 177 Å². The molecule has 6 nitrogen and oxygen atoms in total. The number of carbonyl (C=O) groups excluding carboxylic acids is 1. The van der Waals surface area contributed by atoms with E-state index in [0.29, 0.717) is 6.04 Å². The van der Waals surface area contributed by atoms with Gasteiger partial charge in [-0.15, -0.1) is 0 Å². The molecule has 30 heavy (non-hydrogen) atoms. The lowest BCUT2D eigenvalue weighted by molar-refractivity contribution is -0.124. The summed E-state index contributed by atoms with van der Waals surface area (Å²) in [5.74, 6) is 0.323. The van der Waals surface area contributed by atoms with Crippen molar-refractivity contribution in [2.75, 3.05) is 26.8 Å². The van der Waals surface area contributed by atoms with Crippen LogP contribution in [0.4, 0.5) is 0 Å². The highest BCUT2D eigenvalue weighted by molar-refractivity contribution is 5.90. The predicted molar refractivity (Wildman–Crippen MR) is 116 cm³/mol. The Morgan fingerprint density at radius 2 is 2.03 bits per heavy atom. The first kappa shape index (κ1) is 22.0. The largest absolute Gasteiger partial charge is 0.497 e. The molecule has 2 aromatic carbocycles. The van der Waals surface area contributed by atoms with Gasteiger partial charge in [-0.2, -0.15) is 0 Å². The van der Waals surface area contributed by atoms with Crippen LogP contribution in [0.5, 0.6) is 5.75 Å². The summed E-state index contributed by atoms with van der Waals surface area (Å²) in [6.07, 6.45) is 6.76. The third-order valence-corrected chi connectivity index (χ3v) is 5.64. The van der Waals surface area contributed by atoms with Crippen LogP contribution in [0.15, 0.2) is 48.5 Å². The number of nitrogens with zero attached hydrogens (tertiary/aromatic N) is 1. The number of aliphatic hydroxyl groups is 1. The number of amides is 1. The number of aryl methyl sites for hydroxylation is 1. The number of fused-ring (bicyclic) bond motifs is 1. The van der Waals surface area contributed by atoms with Gasteiger partial charge in [0.2, 0.25) is 0 Å². The average molecular weight is 411 g/mol. The predicted octanol–water partition coefficient (Wildman–Crippen LogP) is 3.13. The molecule has 0 spiro atoms. The maximum Gasteiger partial charge on any atom is 0.267 e. The van der Waals surface area contributed by atoms with E-state index in [-0.39, 0.29) is 6.61 Å². The van der Waals surface area contributed by atoms with E-state index in [9.17, 15) is 9.90 Å². The van der Waals surface area contributed by atoms with E-state index >= 15 is 0 Å². The molecule has 3 N–H and O–H groups in total. The van der Waals surface area contributed by atoms with Gasteiger partial charge in [0.1, 0.15) is 5.75 Å². The van der Waals surface area contributed by atoms with Crippen LogP contribution in [-0.2, 0) is 17.6 Å². The van der Waals surface area contributed by atoms with Crippen molar-refractivity contribution in [2.24, 2.45) is 0 Å². The molecular formula is C24H30N2O4. The van der Waals surface area contributed by atoms with Gasteiger partial charge in [-0.3, -0.25) is 14.9 Å². The maximum atomic E-state index is 11.2. The molecule has 0 heterocycles. The number of hydroxylamine groups is 1. The van der Waals surface area contributed by atoms with E-state index in [1.54, 1.807) is 18.7 Å². The molecule has 1 amide bonds. The highest BCUT2D eigenvalue weighted by Crippen LogP contribution is 2.36. The van der Waals surface area contributed by atoms with Gasteiger partial charge in [-0.1, -0.05) is 30.3 Å². The minimum absolute atomic E-state index is 0.190. The van der Waals surface area contributed by atoms with Crippen molar-refractivity contribution in [1.29, 1.82) is 0 Å². The maximum absolute atomic E-state index is 11.2. The second-order valence-electron chi connectivity index (χ2n) is 7.53. The Bertz CT molecular complexity index is 864. The van der Waals surface area contributed by atoms with Crippen LogP contribution in [-0.4, -0.2) is 47.9 Å². The standard InChI is InChI=1S/C24H30N2O4/c1-30-21-8-3-18(4-9-21)13-15-26(14-2-16-27)23-11-7-20-17-19(5-10-22(20)23)6-12-24(28)25-29/h3-6,8-10,12,17,23,27,29H,2,7,11,13-16H2,1H3,(H,25,28)/t23-/m1/s1. The molecule has 0 saturated heterocycles.